The van der Waals surface area contributed by atoms with Crippen molar-refractivity contribution in [2.45, 2.75) is 25.3 Å². The molecular formula is C24H32FN5O4S. The van der Waals surface area contributed by atoms with Crippen LogP contribution in [0.5, 0.6) is 0 Å². The van der Waals surface area contributed by atoms with Gasteiger partial charge in [-0.05, 0) is 43.6 Å². The molecular weight excluding hydrogens is 473 g/mol. The minimum Gasteiger partial charge on any atom is -0.469 e. The molecule has 3 atom stereocenters. The number of carbonyl (C=O) groups is 3. The largest absolute Gasteiger partial charge is 0.469 e. The molecule has 2 amide bonds. The number of nitrogens with one attached hydrogen (secondary N) is 2. The molecule has 4 rings (SSSR count). The van der Waals surface area contributed by atoms with Crippen molar-refractivity contribution < 1.29 is 23.5 Å². The van der Waals surface area contributed by atoms with Crippen molar-refractivity contribution in [2.75, 3.05) is 57.8 Å². The third kappa shape index (κ3) is 5.90. The Morgan fingerprint density at radius 3 is 2.66 bits per heavy atom. The van der Waals surface area contributed by atoms with Gasteiger partial charge in [0, 0.05) is 45.3 Å². The van der Waals surface area contributed by atoms with Crippen LogP contribution in [0.3, 0.4) is 0 Å². The highest BCUT2D eigenvalue weighted by Gasteiger charge is 2.44. The van der Waals surface area contributed by atoms with Gasteiger partial charge in [-0.25, -0.2) is 4.39 Å². The molecule has 2 N–H and O–H groups in total. The number of fused-ring (bicyclic) bond motifs is 1. The zero-order valence-electron chi connectivity index (χ0n) is 19.9. The molecule has 0 aromatic heterocycles. The molecule has 2 heterocycles. The molecule has 3 aliphatic rings. The average Bonchev–Trinajstić information content (AvgIpc) is 2.86. The van der Waals surface area contributed by atoms with E-state index in [0.29, 0.717) is 38.0 Å². The number of thiocarbonyl (C=S) groups is 1. The second-order valence-electron chi connectivity index (χ2n) is 9.25. The highest BCUT2D eigenvalue weighted by atomic mass is 32.1. The van der Waals surface area contributed by atoms with Gasteiger partial charge in [-0.2, -0.15) is 0 Å². The number of rotatable bonds is 7. The van der Waals surface area contributed by atoms with Crippen LogP contribution in [0.4, 0.5) is 10.1 Å². The molecule has 3 unspecified atom stereocenters. The normalized spacial score (nSPS) is 25.0. The lowest BCUT2D eigenvalue weighted by molar-refractivity contribution is -0.149. The zero-order chi connectivity index (χ0) is 24.9. The molecule has 3 fully saturated rings. The highest BCUT2D eigenvalue weighted by Crippen LogP contribution is 2.33. The topological polar surface area (TPSA) is 94.2 Å². The van der Waals surface area contributed by atoms with Crippen LogP contribution in [-0.4, -0.2) is 91.7 Å². The standard InChI is InChI=1S/C24H32FN5O4S/c1-34-23(33)16-6-7-17-19(14-16)27-24(35)30(22(17)32)15-21(31)26-8-9-28-10-12-29(13-11-28)20-5-3-2-4-18(20)25/h2-5,16-17,19H,6-15H2,1H3,(H,26,31)(H,27,35). The number of anilines is 1. The Labute approximate surface area is 209 Å². The van der Waals surface area contributed by atoms with Crippen molar-refractivity contribution in [3.05, 3.63) is 30.1 Å². The number of nitrogens with zero attached hydrogens (tertiary/aromatic N) is 3. The maximum Gasteiger partial charge on any atom is 0.308 e. The van der Waals surface area contributed by atoms with Crippen LogP contribution in [-0.2, 0) is 19.1 Å². The van der Waals surface area contributed by atoms with E-state index in [4.69, 9.17) is 17.0 Å². The molecule has 1 aromatic rings. The summed E-state index contributed by atoms with van der Waals surface area (Å²) in [4.78, 5) is 43.0. The molecule has 1 aliphatic carbocycles. The monoisotopic (exact) mass is 505 g/mol. The van der Waals surface area contributed by atoms with Gasteiger partial charge in [0.25, 0.3) is 0 Å². The number of hydrogen-bond donors (Lipinski definition) is 2. The predicted molar refractivity (Wildman–Crippen MR) is 132 cm³/mol. The molecule has 0 radical (unpaired) electrons. The number of halogens is 1. The lowest BCUT2D eigenvalue weighted by atomic mass is 9.76. The first-order chi connectivity index (χ1) is 16.9. The fraction of sp³-hybridized carbons (Fsp3) is 0.583. The van der Waals surface area contributed by atoms with E-state index in [1.165, 1.54) is 18.1 Å². The van der Waals surface area contributed by atoms with Gasteiger partial charge in [-0.1, -0.05) is 12.1 Å². The van der Waals surface area contributed by atoms with Crippen LogP contribution in [0.2, 0.25) is 0 Å². The summed E-state index contributed by atoms with van der Waals surface area (Å²) in [5.41, 5.74) is 0.622. The van der Waals surface area contributed by atoms with E-state index in [-0.39, 0.29) is 53.1 Å². The SMILES string of the molecule is COC(=O)C1CCC2C(=O)N(CC(=O)NCCN3CCN(c4ccccc4F)CC3)C(=S)NC2C1. The molecule has 0 bridgehead atoms. The number of benzene rings is 1. The first-order valence-corrected chi connectivity index (χ1v) is 12.5. The summed E-state index contributed by atoms with van der Waals surface area (Å²) < 4.78 is 18.8. The molecule has 190 valence electrons. The van der Waals surface area contributed by atoms with Crippen molar-refractivity contribution in [1.82, 2.24) is 20.4 Å². The molecule has 11 heteroatoms. The van der Waals surface area contributed by atoms with Crippen molar-refractivity contribution in [1.29, 1.82) is 0 Å². The van der Waals surface area contributed by atoms with Gasteiger partial charge in [0.15, 0.2) is 5.11 Å². The first kappa shape index (κ1) is 25.3. The highest BCUT2D eigenvalue weighted by molar-refractivity contribution is 7.80. The van der Waals surface area contributed by atoms with Crippen LogP contribution in [0.15, 0.2) is 24.3 Å². The second-order valence-corrected chi connectivity index (χ2v) is 9.64. The summed E-state index contributed by atoms with van der Waals surface area (Å²) in [7, 11) is 1.37. The van der Waals surface area contributed by atoms with Crippen LogP contribution in [0, 0.1) is 17.7 Å². The van der Waals surface area contributed by atoms with E-state index >= 15 is 0 Å². The molecule has 1 aromatic carbocycles. The van der Waals surface area contributed by atoms with E-state index in [1.54, 1.807) is 12.1 Å². The van der Waals surface area contributed by atoms with Crippen molar-refractivity contribution in [3.63, 3.8) is 0 Å². The fourth-order valence-electron chi connectivity index (χ4n) is 5.17. The maximum absolute atomic E-state index is 14.0. The van der Waals surface area contributed by atoms with Crippen molar-refractivity contribution in [3.8, 4) is 0 Å². The quantitative estimate of drug-likeness (QED) is 0.414. The van der Waals surface area contributed by atoms with Crippen LogP contribution < -0.4 is 15.5 Å². The molecule has 35 heavy (non-hydrogen) atoms. The number of ether oxygens (including phenoxy) is 1. The lowest BCUT2D eigenvalue weighted by Crippen LogP contribution is -2.63. The second kappa shape index (κ2) is 11.3. The van der Waals surface area contributed by atoms with Crippen LogP contribution >= 0.6 is 12.2 Å². The smallest absolute Gasteiger partial charge is 0.308 e. The maximum atomic E-state index is 14.0. The Kier molecular flexibility index (Phi) is 8.17. The third-order valence-corrected chi connectivity index (χ3v) is 7.48. The Morgan fingerprint density at radius 2 is 1.94 bits per heavy atom. The number of methoxy groups -OCH3 is 1. The van der Waals surface area contributed by atoms with E-state index < -0.39 is 0 Å². The number of esters is 1. The predicted octanol–water partition coefficient (Wildman–Crippen LogP) is 0.739. The zero-order valence-corrected chi connectivity index (χ0v) is 20.7. The number of hydrogen-bond acceptors (Lipinski definition) is 7. The molecule has 2 aliphatic heterocycles. The Hall–Kier alpha value is -2.79. The van der Waals surface area contributed by atoms with Gasteiger partial charge >= 0.3 is 5.97 Å². The Balaban J connectivity index is 1.19. The minimum absolute atomic E-state index is 0.130. The summed E-state index contributed by atoms with van der Waals surface area (Å²) in [5, 5.41) is 6.25. The lowest BCUT2D eigenvalue weighted by Gasteiger charge is -2.43. The van der Waals surface area contributed by atoms with Gasteiger partial charge < -0.3 is 20.3 Å². The fourth-order valence-corrected chi connectivity index (χ4v) is 5.47. The van der Waals surface area contributed by atoms with Crippen molar-refractivity contribution >= 4 is 40.8 Å². The summed E-state index contributed by atoms with van der Waals surface area (Å²) >= 11 is 5.36. The van der Waals surface area contributed by atoms with Gasteiger partial charge in [-0.15, -0.1) is 0 Å². The van der Waals surface area contributed by atoms with Gasteiger partial charge in [-0.3, -0.25) is 24.2 Å². The number of carbonyl (C=O) groups excluding carboxylic acids is 3. The Bertz CT molecular complexity index is 971. The summed E-state index contributed by atoms with van der Waals surface area (Å²) in [6.45, 7) is 3.99. The first-order valence-electron chi connectivity index (χ1n) is 12.1. The number of para-hydroxylation sites is 1. The van der Waals surface area contributed by atoms with E-state index in [9.17, 15) is 18.8 Å². The summed E-state index contributed by atoms with van der Waals surface area (Å²) in [6, 6.07) is 6.57. The van der Waals surface area contributed by atoms with Crippen LogP contribution in [0.25, 0.3) is 0 Å². The number of amides is 2. The molecule has 0 spiro atoms. The average molecular weight is 506 g/mol. The summed E-state index contributed by atoms with van der Waals surface area (Å²) in [5.74, 6) is -1.46. The molecule has 1 saturated carbocycles. The van der Waals surface area contributed by atoms with Crippen LogP contribution in [0.1, 0.15) is 19.3 Å². The minimum atomic E-state index is -0.304. The van der Waals surface area contributed by atoms with Crippen molar-refractivity contribution in [2.24, 2.45) is 11.8 Å². The van der Waals surface area contributed by atoms with E-state index in [1.807, 2.05) is 11.0 Å². The van der Waals surface area contributed by atoms with Gasteiger partial charge in [0.05, 0.1) is 24.6 Å². The Morgan fingerprint density at radius 1 is 1.20 bits per heavy atom. The number of piperazine rings is 1. The van der Waals surface area contributed by atoms with Gasteiger partial charge in [0.2, 0.25) is 11.8 Å². The van der Waals surface area contributed by atoms with Gasteiger partial charge in [0.1, 0.15) is 12.4 Å². The van der Waals surface area contributed by atoms with E-state index in [0.717, 1.165) is 26.2 Å². The van der Waals surface area contributed by atoms with E-state index in [2.05, 4.69) is 15.5 Å². The summed E-state index contributed by atoms with van der Waals surface area (Å²) in [6.07, 6.45) is 1.63. The molecule has 9 nitrogen and oxygen atoms in total. The third-order valence-electron chi connectivity index (χ3n) is 7.14. The molecule has 2 saturated heterocycles.